The first-order valence-corrected chi connectivity index (χ1v) is 7.27. The van der Waals surface area contributed by atoms with E-state index in [9.17, 15) is 19.5 Å². The number of carboxylic acid groups (broad SMARTS) is 1. The summed E-state index contributed by atoms with van der Waals surface area (Å²) in [6, 6.07) is 7.38. The van der Waals surface area contributed by atoms with E-state index in [-0.39, 0.29) is 19.4 Å². The van der Waals surface area contributed by atoms with Crippen LogP contribution >= 0.6 is 0 Å². The van der Waals surface area contributed by atoms with E-state index >= 15 is 0 Å². The molecule has 0 aliphatic carbocycles. The number of esters is 1. The summed E-state index contributed by atoms with van der Waals surface area (Å²) >= 11 is 0. The number of hydrogen-bond donors (Lipinski definition) is 1. The van der Waals surface area contributed by atoms with Crippen LogP contribution in [0.4, 0.5) is 0 Å². The molecule has 1 aromatic carbocycles. The summed E-state index contributed by atoms with van der Waals surface area (Å²) in [4.78, 5) is 34.6. The number of carboxylic acids is 1. The van der Waals surface area contributed by atoms with Crippen molar-refractivity contribution in [2.24, 2.45) is 0 Å². The minimum absolute atomic E-state index is 0.0636. The lowest BCUT2D eigenvalue weighted by molar-refractivity contribution is -0.305. The summed E-state index contributed by atoms with van der Waals surface area (Å²) in [5, 5.41) is 13.1. The summed E-state index contributed by atoms with van der Waals surface area (Å²) < 4.78 is 5.05. The normalized spacial score (nSPS) is 11.5. The molecule has 0 saturated heterocycles. The Morgan fingerprint density at radius 3 is 2.50 bits per heavy atom. The van der Waals surface area contributed by atoms with Gasteiger partial charge in [-0.2, -0.15) is 0 Å². The Morgan fingerprint density at radius 1 is 1.23 bits per heavy atom. The van der Waals surface area contributed by atoms with E-state index in [0.717, 1.165) is 6.42 Å². The Morgan fingerprint density at radius 2 is 1.91 bits per heavy atom. The van der Waals surface area contributed by atoms with Crippen molar-refractivity contribution in [3.8, 4) is 0 Å². The highest BCUT2D eigenvalue weighted by molar-refractivity contribution is 5.96. The number of amides is 1. The van der Waals surface area contributed by atoms with E-state index in [1.54, 1.807) is 30.3 Å². The third-order valence-corrected chi connectivity index (χ3v) is 3.01. The third-order valence-electron chi connectivity index (χ3n) is 3.01. The molecule has 1 atom stereocenters. The first-order chi connectivity index (χ1) is 10.5. The molecule has 0 aliphatic rings. The zero-order chi connectivity index (χ0) is 16.4. The van der Waals surface area contributed by atoms with Gasteiger partial charge in [0, 0.05) is 11.5 Å². The van der Waals surface area contributed by atoms with Crippen molar-refractivity contribution in [2.45, 2.75) is 38.6 Å². The Labute approximate surface area is 129 Å². The Hall–Kier alpha value is -2.37. The second kappa shape index (κ2) is 9.55. The lowest BCUT2D eigenvalue weighted by Gasteiger charge is -2.18. The predicted molar refractivity (Wildman–Crippen MR) is 77.8 cm³/mol. The second-order valence-electron chi connectivity index (χ2n) is 4.82. The summed E-state index contributed by atoms with van der Waals surface area (Å²) in [5.74, 6) is -2.35. The highest BCUT2D eigenvalue weighted by atomic mass is 16.5. The molecule has 0 bridgehead atoms. The minimum Gasteiger partial charge on any atom is -0.550 e. The molecule has 0 fully saturated rings. The van der Waals surface area contributed by atoms with Crippen molar-refractivity contribution in [3.05, 3.63) is 35.9 Å². The van der Waals surface area contributed by atoms with Gasteiger partial charge in [-0.25, -0.2) is 4.79 Å². The maximum Gasteiger partial charge on any atom is 0.328 e. The fourth-order valence-electron chi connectivity index (χ4n) is 1.76. The smallest absolute Gasteiger partial charge is 0.328 e. The van der Waals surface area contributed by atoms with Crippen LogP contribution in [0.15, 0.2) is 30.3 Å². The van der Waals surface area contributed by atoms with Gasteiger partial charge < -0.3 is 20.0 Å². The Bertz CT molecular complexity index is 501. The van der Waals surface area contributed by atoms with E-state index in [0.29, 0.717) is 12.0 Å². The number of ether oxygens (including phenoxy) is 1. The topological polar surface area (TPSA) is 95.5 Å². The van der Waals surface area contributed by atoms with Crippen LogP contribution in [0.5, 0.6) is 0 Å². The standard InChI is InChI=1S/C16H21NO5/c1-2-3-11-22-16(21)13(9-10-14(18)19)17-15(20)12-7-5-4-6-8-12/h4-8,13H,2-3,9-11H2,1H3,(H,17,20)(H,18,19)/p-1/t13-/m0/s1. The molecule has 0 aromatic heterocycles. The van der Waals surface area contributed by atoms with Gasteiger partial charge in [0.15, 0.2) is 0 Å². The summed E-state index contributed by atoms with van der Waals surface area (Å²) in [6.07, 6.45) is 1.19. The number of carbonyl (C=O) groups excluding carboxylic acids is 3. The molecule has 0 unspecified atom stereocenters. The molecule has 1 amide bonds. The SMILES string of the molecule is CCCCOC(=O)[C@H](CCC(=O)[O-])NC(=O)c1ccccc1. The van der Waals surface area contributed by atoms with Gasteiger partial charge in [-0.05, 0) is 31.4 Å². The molecule has 1 rings (SSSR count). The number of unbranched alkanes of at least 4 members (excludes halogenated alkanes) is 1. The van der Waals surface area contributed by atoms with Crippen LogP contribution < -0.4 is 10.4 Å². The van der Waals surface area contributed by atoms with E-state index in [4.69, 9.17) is 4.74 Å². The quantitative estimate of drug-likeness (QED) is 0.534. The van der Waals surface area contributed by atoms with Crippen LogP contribution in [0.1, 0.15) is 43.0 Å². The van der Waals surface area contributed by atoms with Gasteiger partial charge in [0.2, 0.25) is 0 Å². The lowest BCUT2D eigenvalue weighted by atomic mass is 10.1. The first kappa shape index (κ1) is 17.7. The molecule has 1 aromatic rings. The molecule has 0 saturated carbocycles. The fraction of sp³-hybridized carbons (Fsp3) is 0.438. The van der Waals surface area contributed by atoms with Crippen LogP contribution in [0, 0.1) is 0 Å². The van der Waals surface area contributed by atoms with Gasteiger partial charge in [0.1, 0.15) is 6.04 Å². The Balaban J connectivity index is 2.66. The highest BCUT2D eigenvalue weighted by Crippen LogP contribution is 2.05. The molecule has 6 heteroatoms. The molecular formula is C16H20NO5-. The largest absolute Gasteiger partial charge is 0.550 e. The van der Waals surface area contributed by atoms with Gasteiger partial charge in [-0.1, -0.05) is 31.5 Å². The monoisotopic (exact) mass is 306 g/mol. The summed E-state index contributed by atoms with van der Waals surface area (Å²) in [7, 11) is 0. The zero-order valence-electron chi connectivity index (χ0n) is 12.5. The zero-order valence-corrected chi connectivity index (χ0v) is 12.5. The predicted octanol–water partition coefficient (Wildman–Crippen LogP) is 0.658. The number of benzene rings is 1. The van der Waals surface area contributed by atoms with Crippen molar-refractivity contribution in [1.82, 2.24) is 5.32 Å². The van der Waals surface area contributed by atoms with Gasteiger partial charge in [-0.3, -0.25) is 4.79 Å². The van der Waals surface area contributed by atoms with Crippen molar-refractivity contribution in [2.75, 3.05) is 6.61 Å². The van der Waals surface area contributed by atoms with Crippen LogP contribution in [0.25, 0.3) is 0 Å². The molecule has 0 spiro atoms. The number of hydrogen-bond acceptors (Lipinski definition) is 5. The first-order valence-electron chi connectivity index (χ1n) is 7.27. The highest BCUT2D eigenvalue weighted by Gasteiger charge is 2.22. The van der Waals surface area contributed by atoms with Crippen LogP contribution in [0.3, 0.4) is 0 Å². The average molecular weight is 306 g/mol. The van der Waals surface area contributed by atoms with E-state index < -0.39 is 23.9 Å². The maximum atomic E-state index is 12.1. The number of rotatable bonds is 9. The van der Waals surface area contributed by atoms with Gasteiger partial charge in [0.05, 0.1) is 6.61 Å². The van der Waals surface area contributed by atoms with Crippen molar-refractivity contribution >= 4 is 17.8 Å². The number of nitrogens with one attached hydrogen (secondary N) is 1. The molecule has 0 radical (unpaired) electrons. The van der Waals surface area contributed by atoms with Crippen molar-refractivity contribution < 1.29 is 24.2 Å². The second-order valence-corrected chi connectivity index (χ2v) is 4.82. The Kier molecular flexibility index (Phi) is 7.67. The van der Waals surface area contributed by atoms with Crippen LogP contribution in [-0.2, 0) is 14.3 Å². The summed E-state index contributed by atoms with van der Waals surface area (Å²) in [5.41, 5.74) is 0.391. The average Bonchev–Trinajstić information content (AvgIpc) is 2.52. The van der Waals surface area contributed by atoms with E-state index in [1.807, 2.05) is 6.92 Å². The van der Waals surface area contributed by atoms with Crippen LogP contribution in [0.2, 0.25) is 0 Å². The number of carbonyl (C=O) groups is 3. The van der Waals surface area contributed by atoms with Crippen LogP contribution in [-0.4, -0.2) is 30.5 Å². The van der Waals surface area contributed by atoms with Crippen molar-refractivity contribution in [3.63, 3.8) is 0 Å². The van der Waals surface area contributed by atoms with Gasteiger partial charge >= 0.3 is 5.97 Å². The van der Waals surface area contributed by atoms with E-state index in [1.165, 1.54) is 0 Å². The molecule has 6 nitrogen and oxygen atoms in total. The lowest BCUT2D eigenvalue weighted by Crippen LogP contribution is -2.43. The molecule has 0 aliphatic heterocycles. The minimum atomic E-state index is -1.28. The van der Waals surface area contributed by atoms with E-state index in [2.05, 4.69) is 5.32 Å². The fourth-order valence-corrected chi connectivity index (χ4v) is 1.76. The summed E-state index contributed by atoms with van der Waals surface area (Å²) in [6.45, 7) is 2.21. The molecule has 1 N–H and O–H groups in total. The molecule has 120 valence electrons. The molecular weight excluding hydrogens is 286 g/mol. The third kappa shape index (κ3) is 6.39. The van der Waals surface area contributed by atoms with Gasteiger partial charge in [-0.15, -0.1) is 0 Å². The van der Waals surface area contributed by atoms with Gasteiger partial charge in [0.25, 0.3) is 5.91 Å². The maximum absolute atomic E-state index is 12.1. The van der Waals surface area contributed by atoms with Crippen molar-refractivity contribution in [1.29, 1.82) is 0 Å². The number of aliphatic carboxylic acids is 1. The molecule has 0 heterocycles. The molecule has 22 heavy (non-hydrogen) atoms.